The molecule has 1 aliphatic rings. The van der Waals surface area contributed by atoms with Crippen LogP contribution in [-0.2, 0) is 9.53 Å². The molecular formula is C13H20N2O3S. The number of carboxylic acids is 1. The van der Waals surface area contributed by atoms with Crippen molar-refractivity contribution in [1.29, 1.82) is 0 Å². The molecule has 0 saturated heterocycles. The van der Waals surface area contributed by atoms with E-state index in [9.17, 15) is 4.79 Å². The molecule has 1 fully saturated rings. The Hall–Kier alpha value is -0.980. The van der Waals surface area contributed by atoms with Crippen LogP contribution in [0.2, 0.25) is 0 Å². The summed E-state index contributed by atoms with van der Waals surface area (Å²) < 4.78 is 5.59. The number of nitrogens with two attached hydrogens (primary N) is 1. The highest BCUT2D eigenvalue weighted by Gasteiger charge is 2.28. The lowest BCUT2D eigenvalue weighted by Crippen LogP contribution is -2.22. The average Bonchev–Trinajstić information content (AvgIpc) is 2.89. The van der Waals surface area contributed by atoms with E-state index in [1.807, 2.05) is 0 Å². The number of aromatic nitrogens is 1. The minimum Gasteiger partial charge on any atom is -0.480 e. The van der Waals surface area contributed by atoms with Crippen molar-refractivity contribution in [3.05, 3.63) is 16.1 Å². The number of aliphatic carboxylic acids is 1. The lowest BCUT2D eigenvalue weighted by Gasteiger charge is -2.27. The third-order valence-electron chi connectivity index (χ3n) is 3.70. The molecule has 5 nitrogen and oxygen atoms in total. The molecule has 6 heteroatoms. The van der Waals surface area contributed by atoms with Crippen LogP contribution in [0.5, 0.6) is 0 Å². The SMILES string of the molecule is COC(c1nc(C(N)C(=O)O)cs1)C1CCCCC1. The van der Waals surface area contributed by atoms with Crippen LogP contribution in [0, 0.1) is 5.92 Å². The van der Waals surface area contributed by atoms with Crippen molar-refractivity contribution < 1.29 is 14.6 Å². The Morgan fingerprint density at radius 2 is 2.21 bits per heavy atom. The van der Waals surface area contributed by atoms with Gasteiger partial charge in [-0.15, -0.1) is 11.3 Å². The fraction of sp³-hybridized carbons (Fsp3) is 0.692. The van der Waals surface area contributed by atoms with Gasteiger partial charge in [-0.2, -0.15) is 0 Å². The lowest BCUT2D eigenvalue weighted by atomic mass is 9.85. The van der Waals surface area contributed by atoms with Crippen molar-refractivity contribution in [3.63, 3.8) is 0 Å². The zero-order valence-corrected chi connectivity index (χ0v) is 11.9. The highest BCUT2D eigenvalue weighted by molar-refractivity contribution is 7.09. The van der Waals surface area contributed by atoms with Gasteiger partial charge >= 0.3 is 5.97 Å². The smallest absolute Gasteiger partial charge is 0.326 e. The summed E-state index contributed by atoms with van der Waals surface area (Å²) in [5, 5.41) is 11.5. The monoisotopic (exact) mass is 284 g/mol. The Bertz CT molecular complexity index is 429. The van der Waals surface area contributed by atoms with E-state index in [1.54, 1.807) is 12.5 Å². The molecule has 2 rings (SSSR count). The summed E-state index contributed by atoms with van der Waals surface area (Å²) in [5.41, 5.74) is 6.00. The quantitative estimate of drug-likeness (QED) is 0.867. The molecule has 0 bridgehead atoms. The fourth-order valence-electron chi connectivity index (χ4n) is 2.63. The minimum atomic E-state index is -1.05. The highest BCUT2D eigenvalue weighted by atomic mass is 32.1. The van der Waals surface area contributed by atoms with Gasteiger partial charge in [0.05, 0.1) is 5.69 Å². The van der Waals surface area contributed by atoms with Gasteiger partial charge in [0, 0.05) is 12.5 Å². The van der Waals surface area contributed by atoms with Gasteiger partial charge in [-0.1, -0.05) is 19.3 Å². The van der Waals surface area contributed by atoms with Gasteiger partial charge in [0.1, 0.15) is 17.2 Å². The molecule has 0 spiro atoms. The topological polar surface area (TPSA) is 85.4 Å². The lowest BCUT2D eigenvalue weighted by molar-refractivity contribution is -0.138. The highest BCUT2D eigenvalue weighted by Crippen LogP contribution is 2.37. The van der Waals surface area contributed by atoms with Crippen LogP contribution in [0.15, 0.2) is 5.38 Å². The molecule has 19 heavy (non-hydrogen) atoms. The number of nitrogens with zero attached hydrogens (tertiary/aromatic N) is 1. The summed E-state index contributed by atoms with van der Waals surface area (Å²) in [5.74, 6) is -0.567. The maximum atomic E-state index is 10.9. The van der Waals surface area contributed by atoms with Gasteiger partial charge in [-0.3, -0.25) is 4.79 Å². The van der Waals surface area contributed by atoms with Gasteiger partial charge in [0.15, 0.2) is 0 Å². The Kier molecular flexibility index (Phi) is 4.90. The second kappa shape index (κ2) is 6.45. The standard InChI is InChI=1S/C13H20N2O3S/c1-18-11(8-5-3-2-4-6-8)12-15-9(7-19-12)10(14)13(16)17/h7-8,10-11H,2-6,14H2,1H3,(H,16,17). The summed E-state index contributed by atoms with van der Waals surface area (Å²) >= 11 is 1.44. The molecule has 1 heterocycles. The van der Waals surface area contributed by atoms with E-state index < -0.39 is 12.0 Å². The van der Waals surface area contributed by atoms with E-state index in [2.05, 4.69) is 4.98 Å². The van der Waals surface area contributed by atoms with E-state index in [1.165, 1.54) is 30.6 Å². The molecule has 2 atom stereocenters. The van der Waals surface area contributed by atoms with Crippen LogP contribution < -0.4 is 5.73 Å². The molecule has 106 valence electrons. The first-order valence-corrected chi connectivity index (χ1v) is 7.48. The summed E-state index contributed by atoms with van der Waals surface area (Å²) in [7, 11) is 1.69. The number of rotatable bonds is 5. The zero-order chi connectivity index (χ0) is 13.8. The summed E-state index contributed by atoms with van der Waals surface area (Å²) in [6.07, 6.45) is 6.03. The van der Waals surface area contributed by atoms with Gasteiger partial charge in [-0.25, -0.2) is 4.98 Å². The predicted octanol–water partition coefficient (Wildman–Crippen LogP) is 2.50. The minimum absolute atomic E-state index is 0.0277. The maximum absolute atomic E-state index is 10.9. The van der Waals surface area contributed by atoms with Crippen molar-refractivity contribution in [2.24, 2.45) is 11.7 Å². The first-order valence-electron chi connectivity index (χ1n) is 6.60. The molecule has 1 aliphatic carbocycles. The molecule has 1 saturated carbocycles. The average molecular weight is 284 g/mol. The zero-order valence-electron chi connectivity index (χ0n) is 11.0. The first-order chi connectivity index (χ1) is 9.13. The third kappa shape index (κ3) is 3.32. The number of carbonyl (C=O) groups is 1. The number of thiazole rings is 1. The van der Waals surface area contributed by atoms with Gasteiger partial charge in [0.25, 0.3) is 0 Å². The molecule has 2 unspecified atom stereocenters. The van der Waals surface area contributed by atoms with E-state index in [4.69, 9.17) is 15.6 Å². The fourth-order valence-corrected chi connectivity index (χ4v) is 3.65. The van der Waals surface area contributed by atoms with Crippen LogP contribution in [0.4, 0.5) is 0 Å². The molecule has 1 aromatic heterocycles. The van der Waals surface area contributed by atoms with Crippen molar-refractivity contribution in [1.82, 2.24) is 4.98 Å². The number of methoxy groups -OCH3 is 1. The first kappa shape index (κ1) is 14.4. The van der Waals surface area contributed by atoms with Crippen molar-refractivity contribution in [3.8, 4) is 0 Å². The summed E-state index contributed by atoms with van der Waals surface area (Å²) in [6.45, 7) is 0. The number of carboxylic acid groups (broad SMARTS) is 1. The molecule has 0 amide bonds. The van der Waals surface area contributed by atoms with Gasteiger partial charge in [-0.05, 0) is 18.8 Å². The Morgan fingerprint density at radius 1 is 1.53 bits per heavy atom. The van der Waals surface area contributed by atoms with Crippen molar-refractivity contribution in [2.45, 2.75) is 44.2 Å². The van der Waals surface area contributed by atoms with Gasteiger partial charge < -0.3 is 15.6 Å². The summed E-state index contributed by atoms with van der Waals surface area (Å²) in [4.78, 5) is 15.2. The van der Waals surface area contributed by atoms with Crippen LogP contribution in [0.25, 0.3) is 0 Å². The molecule has 0 aromatic carbocycles. The largest absolute Gasteiger partial charge is 0.480 e. The number of hydrogen-bond acceptors (Lipinski definition) is 5. The third-order valence-corrected chi connectivity index (χ3v) is 4.62. The maximum Gasteiger partial charge on any atom is 0.326 e. The summed E-state index contributed by atoms with van der Waals surface area (Å²) in [6, 6.07) is -1.05. The Balaban J connectivity index is 2.12. The van der Waals surface area contributed by atoms with Crippen LogP contribution in [-0.4, -0.2) is 23.2 Å². The molecule has 1 aromatic rings. The molecule has 0 radical (unpaired) electrons. The molecular weight excluding hydrogens is 264 g/mol. The van der Waals surface area contributed by atoms with Crippen molar-refractivity contribution >= 4 is 17.3 Å². The van der Waals surface area contributed by atoms with E-state index in [-0.39, 0.29) is 6.10 Å². The van der Waals surface area contributed by atoms with Crippen LogP contribution in [0.3, 0.4) is 0 Å². The Labute approximate surface area is 116 Å². The Morgan fingerprint density at radius 3 is 2.79 bits per heavy atom. The van der Waals surface area contributed by atoms with Crippen LogP contribution in [0.1, 0.15) is 55.0 Å². The van der Waals surface area contributed by atoms with Gasteiger partial charge in [0.2, 0.25) is 0 Å². The molecule has 0 aliphatic heterocycles. The molecule has 3 N–H and O–H groups in total. The number of hydrogen-bond donors (Lipinski definition) is 2. The second-order valence-electron chi connectivity index (χ2n) is 4.98. The second-order valence-corrected chi connectivity index (χ2v) is 5.87. The number of ether oxygens (including phenoxy) is 1. The van der Waals surface area contributed by atoms with Crippen molar-refractivity contribution in [2.75, 3.05) is 7.11 Å². The van der Waals surface area contributed by atoms with Crippen LogP contribution >= 0.6 is 11.3 Å². The predicted molar refractivity (Wildman–Crippen MR) is 73.0 cm³/mol. The van der Waals surface area contributed by atoms with E-state index in [0.29, 0.717) is 11.6 Å². The van der Waals surface area contributed by atoms with E-state index in [0.717, 1.165) is 17.8 Å². The van der Waals surface area contributed by atoms with E-state index >= 15 is 0 Å². The normalized spacial score (nSPS) is 20.1.